The van der Waals surface area contributed by atoms with Gasteiger partial charge in [-0.3, -0.25) is 0 Å². The summed E-state index contributed by atoms with van der Waals surface area (Å²) in [6, 6.07) is 3.32. The van der Waals surface area contributed by atoms with Gasteiger partial charge in [0.15, 0.2) is 0 Å². The number of hydrogen-bond donors (Lipinski definition) is 2. The quantitative estimate of drug-likeness (QED) is 0.790. The highest BCUT2D eigenvalue weighted by Gasteiger charge is 2.19. The molecule has 1 aromatic heterocycles. The number of hydrogen-bond acceptors (Lipinski definition) is 3. The fraction of sp³-hybridized carbons (Fsp3) is 0.417. The lowest BCUT2D eigenvalue weighted by molar-refractivity contribution is 0.0746. The zero-order valence-electron chi connectivity index (χ0n) is 9.59. The molecule has 0 radical (unpaired) electrons. The first kappa shape index (κ1) is 10.7. The van der Waals surface area contributed by atoms with Gasteiger partial charge < -0.3 is 15.0 Å². The van der Waals surface area contributed by atoms with Gasteiger partial charge in [0, 0.05) is 12.6 Å². The maximum absolute atomic E-state index is 13.4. The zero-order valence-corrected chi connectivity index (χ0v) is 9.59. The number of aromatic nitrogens is 2. The number of imidazole rings is 1. The Balaban J connectivity index is 2.00. The number of aryl methyl sites for hydroxylation is 1. The normalized spacial score (nSPS) is 20.9. The highest BCUT2D eigenvalue weighted by molar-refractivity contribution is 5.76. The van der Waals surface area contributed by atoms with Crippen molar-refractivity contribution in [3.8, 4) is 0 Å². The molecule has 0 saturated carbocycles. The van der Waals surface area contributed by atoms with E-state index in [0.29, 0.717) is 17.7 Å². The Labute approximate surface area is 98.2 Å². The molecule has 1 fully saturated rings. The third-order valence-electron chi connectivity index (χ3n) is 3.03. The zero-order chi connectivity index (χ0) is 11.8. The van der Waals surface area contributed by atoms with Crippen LogP contribution in [-0.4, -0.2) is 29.7 Å². The molecular formula is C12H14FN3O. The number of morpholine rings is 1. The number of fused-ring (bicyclic) bond motifs is 1. The highest BCUT2D eigenvalue weighted by Crippen LogP contribution is 2.20. The monoisotopic (exact) mass is 235 g/mol. The number of aromatic amines is 1. The molecule has 1 aliphatic heterocycles. The molecule has 0 bridgehead atoms. The number of rotatable bonds is 1. The van der Waals surface area contributed by atoms with Crippen LogP contribution in [0.15, 0.2) is 12.1 Å². The highest BCUT2D eigenvalue weighted by atomic mass is 19.1. The van der Waals surface area contributed by atoms with Crippen molar-refractivity contribution >= 4 is 11.0 Å². The van der Waals surface area contributed by atoms with Crippen LogP contribution in [-0.2, 0) is 4.74 Å². The number of H-pyrrole nitrogens is 1. The number of halogens is 1. The Hall–Kier alpha value is -1.46. The molecule has 3 rings (SSSR count). The summed E-state index contributed by atoms with van der Waals surface area (Å²) in [4.78, 5) is 7.61. The summed E-state index contributed by atoms with van der Waals surface area (Å²) in [5.41, 5.74) is 2.15. The molecule has 1 atom stereocenters. The van der Waals surface area contributed by atoms with Crippen molar-refractivity contribution in [2.75, 3.05) is 19.8 Å². The van der Waals surface area contributed by atoms with E-state index in [4.69, 9.17) is 4.74 Å². The second-order valence-corrected chi connectivity index (χ2v) is 4.32. The van der Waals surface area contributed by atoms with Crippen LogP contribution < -0.4 is 5.32 Å². The van der Waals surface area contributed by atoms with Gasteiger partial charge in [0.25, 0.3) is 0 Å². The predicted octanol–water partition coefficient (Wildman–Crippen LogP) is 1.67. The van der Waals surface area contributed by atoms with Gasteiger partial charge in [0.1, 0.15) is 11.6 Å². The summed E-state index contributed by atoms with van der Waals surface area (Å²) < 4.78 is 18.8. The average molecular weight is 235 g/mol. The van der Waals surface area contributed by atoms with E-state index in [9.17, 15) is 4.39 Å². The van der Waals surface area contributed by atoms with Gasteiger partial charge >= 0.3 is 0 Å². The minimum atomic E-state index is -0.219. The van der Waals surface area contributed by atoms with Gasteiger partial charge in [0.05, 0.1) is 30.3 Å². The van der Waals surface area contributed by atoms with Crippen LogP contribution in [0.2, 0.25) is 0 Å². The van der Waals surface area contributed by atoms with E-state index in [1.165, 1.54) is 6.07 Å². The second kappa shape index (κ2) is 4.09. The molecule has 2 heterocycles. The molecule has 1 aliphatic rings. The van der Waals surface area contributed by atoms with Crippen LogP contribution in [0.1, 0.15) is 17.4 Å². The lowest BCUT2D eigenvalue weighted by Crippen LogP contribution is -2.35. The van der Waals surface area contributed by atoms with Crippen LogP contribution in [0.25, 0.3) is 11.0 Å². The molecule has 90 valence electrons. The fourth-order valence-corrected chi connectivity index (χ4v) is 2.07. The molecule has 2 N–H and O–H groups in total. The Morgan fingerprint density at radius 1 is 1.47 bits per heavy atom. The van der Waals surface area contributed by atoms with Gasteiger partial charge in [0.2, 0.25) is 0 Å². The molecule has 1 saturated heterocycles. The van der Waals surface area contributed by atoms with Crippen molar-refractivity contribution in [2.45, 2.75) is 13.0 Å². The third-order valence-corrected chi connectivity index (χ3v) is 3.03. The lowest BCUT2D eigenvalue weighted by atomic mass is 10.2. The van der Waals surface area contributed by atoms with Gasteiger partial charge in [-0.25, -0.2) is 9.37 Å². The van der Waals surface area contributed by atoms with E-state index in [2.05, 4.69) is 15.3 Å². The summed E-state index contributed by atoms with van der Waals surface area (Å²) in [6.07, 6.45) is 0. The Bertz CT molecular complexity index is 507. The Morgan fingerprint density at radius 3 is 3.12 bits per heavy atom. The predicted molar refractivity (Wildman–Crippen MR) is 62.4 cm³/mol. The molecule has 2 aromatic rings. The maximum atomic E-state index is 13.4. The second-order valence-electron chi connectivity index (χ2n) is 4.32. The molecule has 0 spiro atoms. The number of nitrogens with one attached hydrogen (secondary N) is 2. The van der Waals surface area contributed by atoms with E-state index in [0.717, 1.165) is 24.5 Å². The summed E-state index contributed by atoms with van der Waals surface area (Å²) in [5.74, 6) is 0.591. The summed E-state index contributed by atoms with van der Waals surface area (Å²) in [5, 5.41) is 3.31. The number of nitrogens with zero attached hydrogens (tertiary/aromatic N) is 1. The van der Waals surface area contributed by atoms with Crippen molar-refractivity contribution in [1.82, 2.24) is 15.3 Å². The summed E-state index contributed by atoms with van der Waals surface area (Å²) >= 11 is 0. The van der Waals surface area contributed by atoms with Crippen molar-refractivity contribution in [2.24, 2.45) is 0 Å². The Kier molecular flexibility index (Phi) is 2.57. The van der Waals surface area contributed by atoms with Gasteiger partial charge in [-0.05, 0) is 18.6 Å². The molecule has 0 aliphatic carbocycles. The topological polar surface area (TPSA) is 49.9 Å². The van der Waals surface area contributed by atoms with Crippen molar-refractivity contribution < 1.29 is 9.13 Å². The van der Waals surface area contributed by atoms with Crippen molar-refractivity contribution in [3.05, 3.63) is 29.3 Å². The number of benzene rings is 1. The summed E-state index contributed by atoms with van der Waals surface area (Å²) in [7, 11) is 0. The first-order valence-corrected chi connectivity index (χ1v) is 5.71. The first-order chi connectivity index (χ1) is 8.24. The standard InChI is InChI=1S/C12H14FN3O/c1-7-4-9-10(5-8(7)13)16-12(15-9)11-6-17-3-2-14-11/h4-5,11,14H,2-3,6H2,1H3,(H,15,16). The molecule has 17 heavy (non-hydrogen) atoms. The fourth-order valence-electron chi connectivity index (χ4n) is 2.07. The molecule has 1 aromatic carbocycles. The SMILES string of the molecule is Cc1cc2[nH]c(C3COCCN3)nc2cc1F. The van der Waals surface area contributed by atoms with Crippen molar-refractivity contribution in [1.29, 1.82) is 0 Å². The van der Waals surface area contributed by atoms with E-state index in [1.54, 1.807) is 13.0 Å². The first-order valence-electron chi connectivity index (χ1n) is 5.71. The van der Waals surface area contributed by atoms with E-state index in [1.807, 2.05) is 0 Å². The van der Waals surface area contributed by atoms with Gasteiger partial charge in [-0.15, -0.1) is 0 Å². The van der Waals surface area contributed by atoms with Crippen LogP contribution in [0.5, 0.6) is 0 Å². The molecule has 1 unspecified atom stereocenters. The van der Waals surface area contributed by atoms with Crippen LogP contribution in [0.4, 0.5) is 4.39 Å². The van der Waals surface area contributed by atoms with E-state index >= 15 is 0 Å². The van der Waals surface area contributed by atoms with Crippen LogP contribution >= 0.6 is 0 Å². The minimum absolute atomic E-state index is 0.0690. The maximum Gasteiger partial charge on any atom is 0.128 e. The average Bonchev–Trinajstić information content (AvgIpc) is 2.74. The molecule has 5 heteroatoms. The van der Waals surface area contributed by atoms with Gasteiger partial charge in [-0.1, -0.05) is 0 Å². The third kappa shape index (κ3) is 1.92. The largest absolute Gasteiger partial charge is 0.378 e. The lowest BCUT2D eigenvalue weighted by Gasteiger charge is -2.21. The van der Waals surface area contributed by atoms with Crippen LogP contribution in [0, 0.1) is 12.7 Å². The molecular weight excluding hydrogens is 221 g/mol. The van der Waals surface area contributed by atoms with E-state index in [-0.39, 0.29) is 11.9 Å². The summed E-state index contributed by atoms with van der Waals surface area (Å²) in [6.45, 7) is 3.89. The van der Waals surface area contributed by atoms with E-state index < -0.39 is 0 Å². The molecule has 4 nitrogen and oxygen atoms in total. The number of ether oxygens (including phenoxy) is 1. The minimum Gasteiger partial charge on any atom is -0.378 e. The van der Waals surface area contributed by atoms with Crippen LogP contribution in [0.3, 0.4) is 0 Å². The van der Waals surface area contributed by atoms with Gasteiger partial charge in [-0.2, -0.15) is 0 Å². The Morgan fingerprint density at radius 2 is 2.35 bits per heavy atom. The smallest absolute Gasteiger partial charge is 0.128 e. The molecule has 0 amide bonds. The van der Waals surface area contributed by atoms with Crippen molar-refractivity contribution in [3.63, 3.8) is 0 Å².